The maximum absolute atomic E-state index is 9.03. The molecule has 1 aliphatic rings. The molecule has 2 aromatic rings. The maximum atomic E-state index is 9.03. The van der Waals surface area contributed by atoms with Crippen molar-refractivity contribution in [3.05, 3.63) is 50.6 Å². The molecular formula is C18H20BrN3OS. The molecule has 1 saturated heterocycles. The molecule has 1 aromatic carbocycles. The molecule has 0 aliphatic carbocycles. The Labute approximate surface area is 155 Å². The van der Waals surface area contributed by atoms with Gasteiger partial charge in [0.25, 0.3) is 0 Å². The van der Waals surface area contributed by atoms with Gasteiger partial charge in [-0.05, 0) is 45.6 Å². The zero-order chi connectivity index (χ0) is 16.9. The zero-order valence-corrected chi connectivity index (χ0v) is 16.0. The van der Waals surface area contributed by atoms with Gasteiger partial charge >= 0.3 is 0 Å². The van der Waals surface area contributed by atoms with Crippen LogP contribution < -0.4 is 4.90 Å². The van der Waals surface area contributed by atoms with Gasteiger partial charge in [0.2, 0.25) is 0 Å². The van der Waals surface area contributed by atoms with E-state index in [0.717, 1.165) is 43.0 Å². The van der Waals surface area contributed by atoms with Crippen molar-refractivity contribution in [2.24, 2.45) is 0 Å². The van der Waals surface area contributed by atoms with Gasteiger partial charge in [0.1, 0.15) is 0 Å². The minimum Gasteiger partial charge on any atom is -0.379 e. The Hall–Kier alpha value is -1.39. The van der Waals surface area contributed by atoms with Crippen molar-refractivity contribution >= 4 is 33.0 Å². The number of nitrogens with zero attached hydrogens (tertiary/aromatic N) is 3. The number of likely N-dealkylation sites (N-methyl/N-ethyl adjacent to an activating group) is 1. The third-order valence-electron chi connectivity index (χ3n) is 4.29. The molecule has 2 heterocycles. The van der Waals surface area contributed by atoms with Gasteiger partial charge in [-0.3, -0.25) is 4.90 Å². The van der Waals surface area contributed by atoms with Crippen molar-refractivity contribution in [2.75, 3.05) is 44.8 Å². The van der Waals surface area contributed by atoms with Crippen LogP contribution in [0.4, 0.5) is 5.69 Å². The van der Waals surface area contributed by atoms with Crippen molar-refractivity contribution in [3.8, 4) is 6.07 Å². The molecule has 1 aromatic heterocycles. The maximum Gasteiger partial charge on any atom is 0.0992 e. The smallest absolute Gasteiger partial charge is 0.0992 e. The van der Waals surface area contributed by atoms with Crippen molar-refractivity contribution in [2.45, 2.75) is 6.04 Å². The first-order chi connectivity index (χ1) is 11.7. The van der Waals surface area contributed by atoms with Gasteiger partial charge in [-0.1, -0.05) is 6.07 Å². The number of hydrogen-bond acceptors (Lipinski definition) is 5. The summed E-state index contributed by atoms with van der Waals surface area (Å²) in [4.78, 5) is 6.14. The van der Waals surface area contributed by atoms with Crippen LogP contribution >= 0.6 is 27.3 Å². The van der Waals surface area contributed by atoms with E-state index in [1.165, 1.54) is 4.88 Å². The Morgan fingerprint density at radius 3 is 2.79 bits per heavy atom. The van der Waals surface area contributed by atoms with Crippen molar-refractivity contribution < 1.29 is 4.74 Å². The summed E-state index contributed by atoms with van der Waals surface area (Å²) in [6.45, 7) is 4.42. The highest BCUT2D eigenvalue weighted by atomic mass is 79.9. The molecule has 0 N–H and O–H groups in total. The molecule has 126 valence electrons. The van der Waals surface area contributed by atoms with Crippen LogP contribution in [0.2, 0.25) is 0 Å². The van der Waals surface area contributed by atoms with E-state index in [0.29, 0.717) is 11.6 Å². The molecule has 1 fully saturated rings. The minimum atomic E-state index is 0.349. The number of rotatable bonds is 5. The molecule has 4 nitrogen and oxygen atoms in total. The fraction of sp³-hybridized carbons (Fsp3) is 0.389. The summed E-state index contributed by atoms with van der Waals surface area (Å²) >= 11 is 5.41. The third kappa shape index (κ3) is 3.98. The molecular weight excluding hydrogens is 386 g/mol. The van der Waals surface area contributed by atoms with E-state index in [4.69, 9.17) is 10.00 Å². The summed E-state index contributed by atoms with van der Waals surface area (Å²) < 4.78 is 6.47. The Bertz CT molecular complexity index is 708. The summed E-state index contributed by atoms with van der Waals surface area (Å²) in [5, 5.41) is 11.2. The number of morpholine rings is 1. The molecule has 0 saturated carbocycles. The minimum absolute atomic E-state index is 0.349. The quantitative estimate of drug-likeness (QED) is 0.756. The number of ether oxygens (including phenoxy) is 1. The van der Waals surface area contributed by atoms with Gasteiger partial charge in [-0.15, -0.1) is 11.3 Å². The third-order valence-corrected chi connectivity index (χ3v) is 5.90. The van der Waals surface area contributed by atoms with Crippen molar-refractivity contribution in [1.29, 1.82) is 5.26 Å². The Morgan fingerprint density at radius 2 is 2.17 bits per heavy atom. The van der Waals surface area contributed by atoms with Crippen LogP contribution in [0.3, 0.4) is 0 Å². The summed E-state index contributed by atoms with van der Waals surface area (Å²) in [7, 11) is 2.10. The van der Waals surface area contributed by atoms with Crippen LogP contribution in [0.5, 0.6) is 0 Å². The number of anilines is 1. The standard InChI is InChI=1S/C18H20BrN3OS/c1-21(16-5-4-14(12-20)11-15(16)19)13-17(18-3-2-10-24-18)22-6-8-23-9-7-22/h2-5,10-11,17H,6-9,13H2,1H3/t17-/m0/s1. The van der Waals surface area contributed by atoms with Crippen molar-refractivity contribution in [1.82, 2.24) is 4.90 Å². The Balaban J connectivity index is 1.80. The second kappa shape index (κ2) is 8.13. The number of thiophene rings is 1. The monoisotopic (exact) mass is 405 g/mol. The molecule has 24 heavy (non-hydrogen) atoms. The first-order valence-electron chi connectivity index (χ1n) is 7.95. The summed E-state index contributed by atoms with van der Waals surface area (Å²) in [6.07, 6.45) is 0. The lowest BCUT2D eigenvalue weighted by Crippen LogP contribution is -2.43. The molecule has 0 amide bonds. The average molecular weight is 406 g/mol. The van der Waals surface area contributed by atoms with Gasteiger partial charge in [0.15, 0.2) is 0 Å². The van der Waals surface area contributed by atoms with Gasteiger partial charge in [-0.25, -0.2) is 0 Å². The van der Waals surface area contributed by atoms with E-state index in [1.807, 2.05) is 29.5 Å². The largest absolute Gasteiger partial charge is 0.379 e. The van der Waals surface area contributed by atoms with E-state index in [-0.39, 0.29) is 0 Å². The first-order valence-corrected chi connectivity index (χ1v) is 9.62. The SMILES string of the molecule is CN(C[C@@H](c1cccs1)N1CCOCC1)c1ccc(C#N)cc1Br. The molecule has 0 radical (unpaired) electrons. The fourth-order valence-electron chi connectivity index (χ4n) is 3.00. The van der Waals surface area contributed by atoms with E-state index < -0.39 is 0 Å². The van der Waals surface area contributed by atoms with E-state index >= 15 is 0 Å². The number of halogens is 1. The van der Waals surface area contributed by atoms with Crippen molar-refractivity contribution in [3.63, 3.8) is 0 Å². The van der Waals surface area contributed by atoms with Gasteiger partial charge in [0.05, 0.1) is 36.6 Å². The molecule has 0 spiro atoms. The Kier molecular flexibility index (Phi) is 5.90. The molecule has 0 bridgehead atoms. The van der Waals surface area contributed by atoms with Crippen LogP contribution in [0, 0.1) is 11.3 Å². The predicted molar refractivity (Wildman–Crippen MR) is 102 cm³/mol. The lowest BCUT2D eigenvalue weighted by atomic mass is 10.1. The average Bonchev–Trinajstić information content (AvgIpc) is 3.14. The van der Waals surface area contributed by atoms with E-state index in [2.05, 4.69) is 56.4 Å². The predicted octanol–water partition coefficient (Wildman–Crippen LogP) is 3.89. The molecule has 1 atom stereocenters. The van der Waals surface area contributed by atoms with Crippen LogP contribution in [0.15, 0.2) is 40.2 Å². The second-order valence-corrected chi connectivity index (χ2v) is 7.67. The van der Waals surface area contributed by atoms with Crippen LogP contribution in [-0.4, -0.2) is 44.8 Å². The van der Waals surface area contributed by atoms with Crippen LogP contribution in [-0.2, 0) is 4.74 Å². The molecule has 3 rings (SSSR count). The molecule has 1 aliphatic heterocycles. The van der Waals surface area contributed by atoms with Crippen LogP contribution in [0.1, 0.15) is 16.5 Å². The first kappa shape index (κ1) is 17.4. The van der Waals surface area contributed by atoms with Crippen LogP contribution in [0.25, 0.3) is 0 Å². The normalized spacial score (nSPS) is 16.5. The highest BCUT2D eigenvalue weighted by Crippen LogP contribution is 2.31. The number of hydrogen-bond donors (Lipinski definition) is 0. The number of benzene rings is 1. The summed E-state index contributed by atoms with van der Waals surface area (Å²) in [5.41, 5.74) is 1.77. The highest BCUT2D eigenvalue weighted by Gasteiger charge is 2.25. The van der Waals surface area contributed by atoms with Gasteiger partial charge < -0.3 is 9.64 Å². The van der Waals surface area contributed by atoms with E-state index in [9.17, 15) is 0 Å². The lowest BCUT2D eigenvalue weighted by Gasteiger charge is -2.37. The fourth-order valence-corrected chi connectivity index (χ4v) is 4.53. The summed E-state index contributed by atoms with van der Waals surface area (Å²) in [6, 6.07) is 12.6. The Morgan fingerprint density at radius 1 is 1.38 bits per heavy atom. The molecule has 6 heteroatoms. The van der Waals surface area contributed by atoms with Gasteiger partial charge in [0, 0.05) is 36.0 Å². The topological polar surface area (TPSA) is 39.5 Å². The second-order valence-electron chi connectivity index (χ2n) is 5.84. The zero-order valence-electron chi connectivity index (χ0n) is 13.6. The summed E-state index contributed by atoms with van der Waals surface area (Å²) in [5.74, 6) is 0. The lowest BCUT2D eigenvalue weighted by molar-refractivity contribution is 0.0184. The number of nitriles is 1. The molecule has 0 unspecified atom stereocenters. The van der Waals surface area contributed by atoms with Gasteiger partial charge in [-0.2, -0.15) is 5.26 Å². The van der Waals surface area contributed by atoms with E-state index in [1.54, 1.807) is 0 Å². The highest BCUT2D eigenvalue weighted by molar-refractivity contribution is 9.10.